The van der Waals surface area contributed by atoms with Gasteiger partial charge in [0.15, 0.2) is 17.5 Å². The van der Waals surface area contributed by atoms with Gasteiger partial charge in [-0.25, -0.2) is 15.0 Å². The molecule has 5 heteroatoms. The van der Waals surface area contributed by atoms with Crippen LogP contribution in [0.2, 0.25) is 0 Å². The molecule has 0 saturated heterocycles. The minimum atomic E-state index is -0.0371. The summed E-state index contributed by atoms with van der Waals surface area (Å²) in [5.41, 5.74) is 9.85. The van der Waals surface area contributed by atoms with Gasteiger partial charge in [-0.1, -0.05) is 123 Å². The van der Waals surface area contributed by atoms with Gasteiger partial charge in [-0.3, -0.25) is 0 Å². The van der Waals surface area contributed by atoms with Gasteiger partial charge in [0.2, 0.25) is 0 Å². The number of rotatable bonds is 3. The zero-order chi connectivity index (χ0) is 31.3. The molecule has 0 atom stereocenters. The molecule has 47 heavy (non-hydrogen) atoms. The lowest BCUT2D eigenvalue weighted by Crippen LogP contribution is -2.14. The molecule has 0 radical (unpaired) electrons. The maximum absolute atomic E-state index is 6.72. The lowest BCUT2D eigenvalue weighted by atomic mass is 9.82. The van der Waals surface area contributed by atoms with Crippen LogP contribution >= 0.6 is 11.3 Å². The highest BCUT2D eigenvalue weighted by molar-refractivity contribution is 7.27. The fraction of sp³-hybridized carbons (Fsp3) is 0.0714. The maximum atomic E-state index is 6.72. The molecule has 3 heterocycles. The first kappa shape index (κ1) is 26.6. The highest BCUT2D eigenvalue weighted by Gasteiger charge is 2.37. The molecule has 9 aromatic rings. The molecular weight excluding hydrogens is 595 g/mol. The average molecular weight is 622 g/mol. The van der Waals surface area contributed by atoms with Crippen LogP contribution in [-0.4, -0.2) is 15.0 Å². The Labute approximate surface area is 275 Å². The SMILES string of the molecule is CC1(C)c2ccccc2-c2c1ccc1c2sc2c1ccc1oc3c(-c4nc(-c5ccccc5)nc(-c5ccccc5)n4)cccc3c12. The molecule has 4 nitrogen and oxygen atoms in total. The Morgan fingerprint density at radius 2 is 1.13 bits per heavy atom. The van der Waals surface area contributed by atoms with Crippen molar-refractivity contribution in [2.24, 2.45) is 0 Å². The highest BCUT2D eigenvalue weighted by atomic mass is 32.1. The largest absolute Gasteiger partial charge is 0.455 e. The smallest absolute Gasteiger partial charge is 0.167 e. The normalized spacial score (nSPS) is 13.5. The van der Waals surface area contributed by atoms with Crippen molar-refractivity contribution in [3.05, 3.63) is 139 Å². The van der Waals surface area contributed by atoms with E-state index in [1.54, 1.807) is 0 Å². The van der Waals surface area contributed by atoms with Crippen molar-refractivity contribution in [3.63, 3.8) is 0 Å². The minimum Gasteiger partial charge on any atom is -0.455 e. The van der Waals surface area contributed by atoms with Crippen LogP contribution in [0.15, 0.2) is 132 Å². The van der Waals surface area contributed by atoms with Crippen LogP contribution in [0.25, 0.3) is 87.4 Å². The van der Waals surface area contributed by atoms with Crippen LogP contribution in [0.4, 0.5) is 0 Å². The van der Waals surface area contributed by atoms with Crippen molar-refractivity contribution < 1.29 is 4.42 Å². The number of thiophene rings is 1. The lowest BCUT2D eigenvalue weighted by Gasteiger charge is -2.21. The number of aromatic nitrogens is 3. The van der Waals surface area contributed by atoms with Crippen LogP contribution in [0.3, 0.4) is 0 Å². The highest BCUT2D eigenvalue weighted by Crippen LogP contribution is 2.54. The molecule has 222 valence electrons. The summed E-state index contributed by atoms with van der Waals surface area (Å²) < 4.78 is 9.31. The minimum absolute atomic E-state index is 0.0371. The second kappa shape index (κ2) is 9.68. The number of furan rings is 1. The van der Waals surface area contributed by atoms with E-state index in [0.29, 0.717) is 17.5 Å². The number of fused-ring (bicyclic) bond motifs is 11. The van der Waals surface area contributed by atoms with Crippen molar-refractivity contribution >= 4 is 53.4 Å². The van der Waals surface area contributed by atoms with E-state index in [0.717, 1.165) is 38.6 Å². The first-order valence-electron chi connectivity index (χ1n) is 15.9. The summed E-state index contributed by atoms with van der Waals surface area (Å²) in [7, 11) is 0. The molecule has 0 saturated carbocycles. The van der Waals surface area contributed by atoms with Crippen molar-refractivity contribution in [1.82, 2.24) is 15.0 Å². The Balaban J connectivity index is 1.23. The topological polar surface area (TPSA) is 51.8 Å². The predicted octanol–water partition coefficient (Wildman–Crippen LogP) is 11.4. The molecule has 3 aromatic heterocycles. The lowest BCUT2D eigenvalue weighted by molar-refractivity contribution is 0.661. The second-order valence-electron chi connectivity index (χ2n) is 12.8. The van der Waals surface area contributed by atoms with E-state index in [1.165, 1.54) is 42.4 Å². The monoisotopic (exact) mass is 621 g/mol. The van der Waals surface area contributed by atoms with Crippen molar-refractivity contribution in [2.45, 2.75) is 19.3 Å². The number of nitrogens with zero attached hydrogens (tertiary/aromatic N) is 3. The Morgan fingerprint density at radius 3 is 1.87 bits per heavy atom. The third kappa shape index (κ3) is 3.78. The second-order valence-corrected chi connectivity index (χ2v) is 13.8. The fourth-order valence-corrected chi connectivity index (χ4v) is 8.88. The summed E-state index contributed by atoms with van der Waals surface area (Å²) in [5.74, 6) is 1.85. The fourth-order valence-electron chi connectivity index (χ4n) is 7.46. The van der Waals surface area contributed by atoms with Gasteiger partial charge in [-0.2, -0.15) is 0 Å². The van der Waals surface area contributed by atoms with Gasteiger partial charge < -0.3 is 4.42 Å². The summed E-state index contributed by atoms with van der Waals surface area (Å²) in [4.78, 5) is 14.9. The van der Waals surface area contributed by atoms with Crippen LogP contribution < -0.4 is 0 Å². The summed E-state index contributed by atoms with van der Waals surface area (Å²) in [6.07, 6.45) is 0. The van der Waals surface area contributed by atoms with Crippen molar-refractivity contribution in [3.8, 4) is 45.3 Å². The molecule has 0 aliphatic heterocycles. The summed E-state index contributed by atoms with van der Waals surface area (Å²) in [6.45, 7) is 4.68. The molecule has 0 spiro atoms. The zero-order valence-electron chi connectivity index (χ0n) is 25.8. The van der Waals surface area contributed by atoms with Crippen LogP contribution in [0.1, 0.15) is 25.0 Å². The van der Waals surface area contributed by atoms with Gasteiger partial charge in [0.25, 0.3) is 0 Å². The maximum Gasteiger partial charge on any atom is 0.167 e. The average Bonchev–Trinajstić information content (AvgIpc) is 3.76. The Kier molecular flexibility index (Phi) is 5.47. The Morgan fingerprint density at radius 1 is 0.511 bits per heavy atom. The van der Waals surface area contributed by atoms with Crippen LogP contribution in [-0.2, 0) is 5.41 Å². The van der Waals surface area contributed by atoms with Crippen LogP contribution in [0, 0.1) is 0 Å². The Hall–Kier alpha value is -5.65. The van der Waals surface area contributed by atoms with E-state index >= 15 is 0 Å². The number of hydrogen-bond donors (Lipinski definition) is 0. The standard InChI is InChI=1S/C42H27N3OS/c1-42(2)31-19-10-9-16-28(31)34-32(42)22-20-26-27-21-23-33-35(38(27)47-37(26)34)29-17-11-18-30(36(29)46-33)41-44-39(24-12-5-3-6-13-24)43-40(45-41)25-14-7-4-8-15-25/h3-23H,1-2H3. The molecular formula is C42H27N3OS. The Bertz CT molecular complexity index is 2650. The molecule has 10 rings (SSSR count). The van der Waals surface area contributed by atoms with E-state index in [-0.39, 0.29) is 5.41 Å². The van der Waals surface area contributed by atoms with Gasteiger partial charge >= 0.3 is 0 Å². The van der Waals surface area contributed by atoms with Crippen molar-refractivity contribution in [1.29, 1.82) is 0 Å². The van der Waals surface area contributed by atoms with Gasteiger partial charge in [0.05, 0.1) is 5.56 Å². The van der Waals surface area contributed by atoms with Gasteiger partial charge in [0.1, 0.15) is 11.2 Å². The predicted molar refractivity (Wildman–Crippen MR) is 194 cm³/mol. The zero-order valence-corrected chi connectivity index (χ0v) is 26.6. The number of hydrogen-bond acceptors (Lipinski definition) is 5. The van der Waals surface area contributed by atoms with E-state index < -0.39 is 0 Å². The molecule has 0 N–H and O–H groups in total. The third-order valence-corrected chi connectivity index (χ3v) is 11.0. The molecule has 0 bridgehead atoms. The number of benzene rings is 6. The van der Waals surface area contributed by atoms with Gasteiger partial charge in [-0.05, 0) is 34.9 Å². The summed E-state index contributed by atoms with van der Waals surface area (Å²) in [6, 6.07) is 44.3. The molecule has 0 amide bonds. The number of para-hydroxylation sites is 1. The first-order chi connectivity index (χ1) is 23.1. The summed E-state index contributed by atoms with van der Waals surface area (Å²) >= 11 is 1.88. The van der Waals surface area contributed by atoms with Crippen LogP contribution in [0.5, 0.6) is 0 Å². The molecule has 0 fully saturated rings. The summed E-state index contributed by atoms with van der Waals surface area (Å²) in [5, 5.41) is 4.75. The van der Waals surface area contributed by atoms with E-state index in [1.807, 2.05) is 72.0 Å². The van der Waals surface area contributed by atoms with E-state index in [2.05, 4.69) is 80.6 Å². The first-order valence-corrected chi connectivity index (χ1v) is 16.7. The molecule has 0 unspecified atom stereocenters. The molecule has 6 aromatic carbocycles. The molecule has 1 aliphatic carbocycles. The third-order valence-electron chi connectivity index (χ3n) is 9.75. The molecule has 1 aliphatic rings. The van der Waals surface area contributed by atoms with E-state index in [4.69, 9.17) is 19.4 Å². The quantitative estimate of drug-likeness (QED) is 0.197. The van der Waals surface area contributed by atoms with Gasteiger partial charge in [-0.15, -0.1) is 11.3 Å². The van der Waals surface area contributed by atoms with Gasteiger partial charge in [0, 0.05) is 53.1 Å². The van der Waals surface area contributed by atoms with E-state index in [9.17, 15) is 0 Å². The van der Waals surface area contributed by atoms with Crippen molar-refractivity contribution in [2.75, 3.05) is 0 Å².